The summed E-state index contributed by atoms with van der Waals surface area (Å²) in [6.45, 7) is 1.05. The summed E-state index contributed by atoms with van der Waals surface area (Å²) >= 11 is 5.77. The molecule has 0 atom stereocenters. The lowest BCUT2D eigenvalue weighted by Crippen LogP contribution is -2.37. The Morgan fingerprint density at radius 1 is 1.17 bits per heavy atom. The van der Waals surface area contributed by atoms with Crippen LogP contribution in [0.5, 0.6) is 0 Å². The number of rotatable bonds is 6. The minimum absolute atomic E-state index is 0.0882. The lowest BCUT2D eigenvalue weighted by atomic mass is 10.3. The molecule has 0 heterocycles. The first kappa shape index (κ1) is 18.2. The van der Waals surface area contributed by atoms with Gasteiger partial charge in [0.15, 0.2) is 0 Å². The molecular formula is C16H15ClFNO4S. The number of halogens is 2. The monoisotopic (exact) mass is 371 g/mol. The summed E-state index contributed by atoms with van der Waals surface area (Å²) in [5.74, 6) is -1.54. The van der Waals surface area contributed by atoms with E-state index in [-0.39, 0.29) is 17.2 Å². The van der Waals surface area contributed by atoms with E-state index in [4.69, 9.17) is 16.3 Å². The van der Waals surface area contributed by atoms with Crippen molar-refractivity contribution < 1.29 is 22.3 Å². The van der Waals surface area contributed by atoms with Gasteiger partial charge in [0.2, 0.25) is 0 Å². The van der Waals surface area contributed by atoms with Crippen molar-refractivity contribution in [1.29, 1.82) is 0 Å². The van der Waals surface area contributed by atoms with Gasteiger partial charge in [-0.15, -0.1) is 0 Å². The van der Waals surface area contributed by atoms with Crippen molar-refractivity contribution >= 4 is 33.3 Å². The fourth-order valence-electron chi connectivity index (χ4n) is 2.01. The number of para-hydroxylation sites is 1. The molecule has 24 heavy (non-hydrogen) atoms. The Balaban J connectivity index is 2.50. The number of benzene rings is 2. The Hall–Kier alpha value is -2.12. The minimum Gasteiger partial charge on any atom is -0.465 e. The molecule has 0 aliphatic heterocycles. The van der Waals surface area contributed by atoms with Gasteiger partial charge in [-0.1, -0.05) is 23.7 Å². The molecule has 0 aliphatic carbocycles. The Kier molecular flexibility index (Phi) is 5.80. The number of carbonyl (C=O) groups is 1. The highest BCUT2D eigenvalue weighted by Gasteiger charge is 2.29. The summed E-state index contributed by atoms with van der Waals surface area (Å²) in [7, 11) is -4.17. The highest BCUT2D eigenvalue weighted by Crippen LogP contribution is 2.26. The van der Waals surface area contributed by atoms with E-state index in [0.717, 1.165) is 6.07 Å². The van der Waals surface area contributed by atoms with Crippen LogP contribution in [-0.2, 0) is 19.6 Å². The molecule has 128 valence electrons. The quantitative estimate of drug-likeness (QED) is 0.731. The molecule has 0 spiro atoms. The lowest BCUT2D eigenvalue weighted by Gasteiger charge is -2.24. The molecule has 0 N–H and O–H groups in total. The van der Waals surface area contributed by atoms with Crippen molar-refractivity contribution in [3.63, 3.8) is 0 Å². The van der Waals surface area contributed by atoms with Crippen LogP contribution in [0, 0.1) is 5.82 Å². The zero-order chi connectivity index (χ0) is 17.7. The van der Waals surface area contributed by atoms with Gasteiger partial charge in [0.1, 0.15) is 12.4 Å². The summed E-state index contributed by atoms with van der Waals surface area (Å²) in [6.07, 6.45) is 0. The fraction of sp³-hybridized carbons (Fsp3) is 0.188. The van der Waals surface area contributed by atoms with Gasteiger partial charge in [-0.25, -0.2) is 12.8 Å². The van der Waals surface area contributed by atoms with E-state index >= 15 is 0 Å². The van der Waals surface area contributed by atoms with E-state index in [2.05, 4.69) is 0 Å². The number of ether oxygens (including phenoxy) is 1. The third-order valence-electron chi connectivity index (χ3n) is 3.10. The second-order valence-electron chi connectivity index (χ2n) is 4.72. The van der Waals surface area contributed by atoms with Gasteiger partial charge in [-0.3, -0.25) is 9.10 Å². The summed E-state index contributed by atoms with van der Waals surface area (Å²) in [6, 6.07) is 10.7. The van der Waals surface area contributed by atoms with Gasteiger partial charge in [0.05, 0.1) is 17.2 Å². The molecule has 2 rings (SSSR count). The van der Waals surface area contributed by atoms with Crippen molar-refractivity contribution in [3.05, 3.63) is 59.4 Å². The van der Waals surface area contributed by atoms with E-state index < -0.39 is 28.4 Å². The van der Waals surface area contributed by atoms with E-state index in [1.165, 1.54) is 42.5 Å². The number of nitrogens with zero attached hydrogens (tertiary/aromatic N) is 1. The van der Waals surface area contributed by atoms with Gasteiger partial charge in [0.25, 0.3) is 10.0 Å². The summed E-state index contributed by atoms with van der Waals surface area (Å²) in [5, 5.41) is 0.358. The molecular weight excluding hydrogens is 357 g/mol. The highest BCUT2D eigenvalue weighted by atomic mass is 35.5. The topological polar surface area (TPSA) is 63.7 Å². The average molecular weight is 372 g/mol. The molecule has 5 nitrogen and oxygen atoms in total. The van der Waals surface area contributed by atoms with E-state index in [1.54, 1.807) is 6.92 Å². The van der Waals surface area contributed by atoms with Crippen LogP contribution in [0.2, 0.25) is 5.02 Å². The lowest BCUT2D eigenvalue weighted by molar-refractivity contribution is -0.141. The Bertz CT molecular complexity index is 824. The molecule has 0 aliphatic rings. The number of sulfonamides is 1. The smallest absolute Gasteiger partial charge is 0.326 e. The standard InChI is InChI=1S/C16H15ClFNO4S/c1-2-23-16(20)11-19(15-6-4-3-5-14(15)18)24(21,22)13-9-7-12(17)8-10-13/h3-10H,2,11H2,1H3. The minimum atomic E-state index is -4.17. The first-order valence-electron chi connectivity index (χ1n) is 7.04. The summed E-state index contributed by atoms with van der Waals surface area (Å²) in [5.41, 5.74) is -0.236. The van der Waals surface area contributed by atoms with E-state index in [9.17, 15) is 17.6 Å². The molecule has 0 bridgehead atoms. The Labute approximate surface area is 144 Å². The van der Waals surface area contributed by atoms with E-state index in [1.807, 2.05) is 0 Å². The van der Waals surface area contributed by atoms with Gasteiger partial charge in [-0.05, 0) is 43.3 Å². The van der Waals surface area contributed by atoms with E-state index in [0.29, 0.717) is 9.33 Å². The Morgan fingerprint density at radius 2 is 1.79 bits per heavy atom. The maximum atomic E-state index is 14.1. The summed E-state index contributed by atoms with van der Waals surface area (Å²) < 4.78 is 45.3. The molecule has 2 aromatic rings. The second kappa shape index (κ2) is 7.63. The SMILES string of the molecule is CCOC(=O)CN(c1ccccc1F)S(=O)(=O)c1ccc(Cl)cc1. The maximum Gasteiger partial charge on any atom is 0.326 e. The number of esters is 1. The van der Waals surface area contributed by atoms with Crippen LogP contribution in [0.4, 0.5) is 10.1 Å². The third-order valence-corrected chi connectivity index (χ3v) is 5.13. The fourth-order valence-corrected chi connectivity index (χ4v) is 3.55. The molecule has 2 aromatic carbocycles. The van der Waals surface area contributed by atoms with Crippen LogP contribution in [0.25, 0.3) is 0 Å². The van der Waals surface area contributed by atoms with Crippen LogP contribution in [0.1, 0.15) is 6.92 Å². The van der Waals surface area contributed by atoms with Gasteiger partial charge in [0, 0.05) is 5.02 Å². The molecule has 0 unspecified atom stereocenters. The highest BCUT2D eigenvalue weighted by molar-refractivity contribution is 7.92. The van der Waals surface area contributed by atoms with Gasteiger partial charge >= 0.3 is 5.97 Å². The molecule has 8 heteroatoms. The number of carbonyl (C=O) groups excluding carboxylic acids is 1. The predicted octanol–water partition coefficient (Wildman–Crippen LogP) is 3.24. The van der Waals surface area contributed by atoms with Crippen molar-refractivity contribution in [2.24, 2.45) is 0 Å². The zero-order valence-corrected chi connectivity index (χ0v) is 14.3. The third kappa shape index (κ3) is 4.04. The zero-order valence-electron chi connectivity index (χ0n) is 12.8. The summed E-state index contributed by atoms with van der Waals surface area (Å²) in [4.78, 5) is 11.7. The van der Waals surface area contributed by atoms with Crippen LogP contribution in [0.15, 0.2) is 53.4 Å². The normalized spacial score (nSPS) is 11.1. The Morgan fingerprint density at radius 3 is 2.38 bits per heavy atom. The maximum absolute atomic E-state index is 14.1. The second-order valence-corrected chi connectivity index (χ2v) is 7.02. The van der Waals surface area contributed by atoms with Crippen LogP contribution in [-0.4, -0.2) is 27.5 Å². The molecule has 0 radical (unpaired) electrons. The first-order chi connectivity index (χ1) is 11.4. The predicted molar refractivity (Wildman–Crippen MR) is 89.0 cm³/mol. The average Bonchev–Trinajstić information content (AvgIpc) is 2.54. The molecule has 0 amide bonds. The van der Waals surface area contributed by atoms with Gasteiger partial charge < -0.3 is 4.74 Å². The van der Waals surface area contributed by atoms with Crippen LogP contribution in [0.3, 0.4) is 0 Å². The largest absolute Gasteiger partial charge is 0.465 e. The van der Waals surface area contributed by atoms with Crippen LogP contribution >= 0.6 is 11.6 Å². The first-order valence-corrected chi connectivity index (χ1v) is 8.86. The molecule has 0 saturated heterocycles. The number of anilines is 1. The number of hydrogen-bond acceptors (Lipinski definition) is 4. The van der Waals surface area contributed by atoms with Crippen LogP contribution < -0.4 is 4.31 Å². The molecule has 0 saturated carbocycles. The number of hydrogen-bond donors (Lipinski definition) is 0. The van der Waals surface area contributed by atoms with Crippen molar-refractivity contribution in [1.82, 2.24) is 0 Å². The van der Waals surface area contributed by atoms with Crippen molar-refractivity contribution in [2.75, 3.05) is 17.5 Å². The van der Waals surface area contributed by atoms with Gasteiger partial charge in [-0.2, -0.15) is 0 Å². The van der Waals surface area contributed by atoms with Crippen molar-refractivity contribution in [2.45, 2.75) is 11.8 Å². The van der Waals surface area contributed by atoms with Crippen molar-refractivity contribution in [3.8, 4) is 0 Å². The molecule has 0 fully saturated rings. The molecule has 0 aromatic heterocycles.